The summed E-state index contributed by atoms with van der Waals surface area (Å²) in [5.41, 5.74) is -1.54. The first-order valence-electron chi connectivity index (χ1n) is 32.6. The second-order valence-electron chi connectivity index (χ2n) is 28.1. The van der Waals surface area contributed by atoms with Crippen LogP contribution in [0.4, 0.5) is 0 Å². The molecule has 500 valence electrons. The van der Waals surface area contributed by atoms with Crippen LogP contribution >= 0.6 is 0 Å². The van der Waals surface area contributed by atoms with E-state index in [0.29, 0.717) is 44.9 Å². The Hall–Kier alpha value is -5.95. The minimum atomic E-state index is -0.774. The molecule has 8 saturated heterocycles. The quantitative estimate of drug-likeness (QED) is 0.0886. The number of hydrogen-bond donors (Lipinski definition) is 0. The van der Waals surface area contributed by atoms with Crippen molar-refractivity contribution in [3.63, 3.8) is 0 Å². The van der Waals surface area contributed by atoms with Crippen molar-refractivity contribution in [1.82, 2.24) is 0 Å². The molecule has 90 heavy (non-hydrogen) atoms. The number of ether oxygens (including phenoxy) is 14. The minimum absolute atomic E-state index is 0.0315. The van der Waals surface area contributed by atoms with Crippen molar-refractivity contribution in [2.24, 2.45) is 87.8 Å². The van der Waals surface area contributed by atoms with Gasteiger partial charge in [-0.05, 0) is 105 Å². The monoisotopic (exact) mass is 1270 g/mol. The average Bonchev–Trinajstić information content (AvgIpc) is 1.57. The zero-order valence-corrected chi connectivity index (χ0v) is 53.8. The van der Waals surface area contributed by atoms with Crippen molar-refractivity contribution >= 4 is 65.7 Å². The lowest BCUT2D eigenvalue weighted by molar-refractivity contribution is -0.176. The molecule has 0 aromatic rings. The molecule has 8 aliphatic heterocycles. The van der Waals surface area contributed by atoms with Crippen molar-refractivity contribution in [2.45, 2.75) is 232 Å². The van der Waals surface area contributed by atoms with Gasteiger partial charge in [0.25, 0.3) is 0 Å². The number of carbonyl (C=O) groups excluding carboxylic acids is 11. The first-order chi connectivity index (χ1) is 42.6. The Labute approximate surface area is 523 Å². The molecule has 13 rings (SSSR count). The number of fused-ring (bicyclic) bond motifs is 4. The third kappa shape index (κ3) is 11.7. The summed E-state index contributed by atoms with van der Waals surface area (Å²) in [6, 6.07) is 0. The molecule has 8 heterocycles. The maximum absolute atomic E-state index is 13.1. The SMILES string of the molecule is CCC(C)(C)C(=O)OC1C2CC3C(=O)OC1C3O2.CCC(C)(C)C(=O)OC1C2OC(=O)C3C2OC1C3C(=O)OC.CCC(C)C(=O)OC1C2CC3C1OC(=O)C3C2C(=O)OC1(CC)CCCC1.CCC(C)C(=O)OC1C2CC3C1OC(=O)C3C2C(=O)OCOC. The Balaban J connectivity index is 0.000000133. The molecule has 0 spiro atoms. The van der Waals surface area contributed by atoms with E-state index < -0.39 is 125 Å². The molecule has 25 nitrogen and oxygen atoms in total. The van der Waals surface area contributed by atoms with E-state index in [9.17, 15) is 52.7 Å². The normalized spacial score (nSPS) is 39.3. The van der Waals surface area contributed by atoms with Crippen LogP contribution in [0.3, 0.4) is 0 Å². The predicted molar refractivity (Wildman–Crippen MR) is 303 cm³/mol. The molecule has 25 atom stereocenters. The van der Waals surface area contributed by atoms with Crippen molar-refractivity contribution in [2.75, 3.05) is 21.0 Å². The van der Waals surface area contributed by atoms with Gasteiger partial charge >= 0.3 is 65.7 Å². The number of rotatable bonds is 19. The van der Waals surface area contributed by atoms with Gasteiger partial charge in [0.1, 0.15) is 60.2 Å². The summed E-state index contributed by atoms with van der Waals surface area (Å²) < 4.78 is 75.9. The first-order valence-corrected chi connectivity index (χ1v) is 32.6. The molecule has 25 unspecified atom stereocenters. The van der Waals surface area contributed by atoms with Crippen LogP contribution in [-0.4, -0.2) is 166 Å². The van der Waals surface area contributed by atoms with Crippen LogP contribution in [0.25, 0.3) is 0 Å². The second kappa shape index (κ2) is 25.9. The Morgan fingerprint density at radius 1 is 0.511 bits per heavy atom. The molecule has 0 N–H and O–H groups in total. The summed E-state index contributed by atoms with van der Waals surface area (Å²) in [6.45, 7) is 20.5. The topological polar surface area (TPSA) is 317 Å². The summed E-state index contributed by atoms with van der Waals surface area (Å²) in [4.78, 5) is 134. The minimum Gasteiger partial charge on any atom is -0.469 e. The maximum Gasteiger partial charge on any atom is 0.313 e. The number of methoxy groups -OCH3 is 2. The summed E-state index contributed by atoms with van der Waals surface area (Å²) >= 11 is 0. The van der Waals surface area contributed by atoms with E-state index in [1.807, 2.05) is 48.5 Å². The number of carbonyl (C=O) groups is 11. The fourth-order valence-electron chi connectivity index (χ4n) is 15.9. The molecule has 0 aromatic carbocycles. The van der Waals surface area contributed by atoms with Gasteiger partial charge in [-0.2, -0.15) is 0 Å². The van der Waals surface area contributed by atoms with Crippen LogP contribution in [0.1, 0.15) is 153 Å². The third-order valence-electron chi connectivity index (χ3n) is 22.5. The van der Waals surface area contributed by atoms with E-state index in [0.717, 1.165) is 32.1 Å². The van der Waals surface area contributed by atoms with Crippen LogP contribution in [0.15, 0.2) is 0 Å². The smallest absolute Gasteiger partial charge is 0.313 e. The highest BCUT2D eigenvalue weighted by atomic mass is 16.7. The summed E-state index contributed by atoms with van der Waals surface area (Å²) in [6.07, 6.45) is 3.68. The summed E-state index contributed by atoms with van der Waals surface area (Å²) in [5, 5.41) is 0. The largest absolute Gasteiger partial charge is 0.469 e. The summed E-state index contributed by atoms with van der Waals surface area (Å²) in [7, 11) is 2.68. The fraction of sp³-hybridized carbons (Fsp3) is 0.831. The molecular formula is C65H90O25. The van der Waals surface area contributed by atoms with E-state index in [-0.39, 0.29) is 114 Å². The van der Waals surface area contributed by atoms with Gasteiger partial charge in [0.15, 0.2) is 31.2 Å². The Kier molecular flexibility index (Phi) is 19.2. The van der Waals surface area contributed by atoms with Gasteiger partial charge in [-0.1, -0.05) is 48.5 Å². The lowest BCUT2D eigenvalue weighted by atomic mass is 9.78. The van der Waals surface area contributed by atoms with Crippen LogP contribution in [-0.2, 0) is 119 Å². The molecule has 0 aromatic heterocycles. The van der Waals surface area contributed by atoms with E-state index >= 15 is 0 Å². The molecule has 8 bridgehead atoms. The highest BCUT2D eigenvalue weighted by molar-refractivity contribution is 5.89. The Bertz CT molecular complexity index is 2820. The van der Waals surface area contributed by atoms with Crippen LogP contribution in [0, 0.1) is 87.8 Å². The highest BCUT2D eigenvalue weighted by Gasteiger charge is 2.74. The zero-order chi connectivity index (χ0) is 65.4. The Morgan fingerprint density at radius 3 is 1.48 bits per heavy atom. The van der Waals surface area contributed by atoms with Gasteiger partial charge in [0.05, 0.1) is 65.5 Å². The van der Waals surface area contributed by atoms with Gasteiger partial charge in [-0.3, -0.25) is 52.7 Å². The molecule has 5 saturated carbocycles. The van der Waals surface area contributed by atoms with Crippen LogP contribution in [0.5, 0.6) is 0 Å². The maximum atomic E-state index is 13.1. The summed E-state index contributed by atoms with van der Waals surface area (Å²) in [5.74, 6) is -8.50. The molecule has 0 amide bonds. The third-order valence-corrected chi connectivity index (χ3v) is 22.5. The lowest BCUT2D eigenvalue weighted by Crippen LogP contribution is -2.49. The number of hydrogen-bond acceptors (Lipinski definition) is 25. The number of esters is 11. The first kappa shape index (κ1) is 67.0. The highest BCUT2D eigenvalue weighted by Crippen LogP contribution is 2.61. The fourth-order valence-corrected chi connectivity index (χ4v) is 15.9. The van der Waals surface area contributed by atoms with E-state index in [4.69, 9.17) is 66.3 Å². The van der Waals surface area contributed by atoms with Gasteiger partial charge in [0.2, 0.25) is 0 Å². The van der Waals surface area contributed by atoms with Crippen molar-refractivity contribution in [1.29, 1.82) is 0 Å². The molecule has 0 radical (unpaired) electrons. The molecule has 13 fully saturated rings. The van der Waals surface area contributed by atoms with Crippen molar-refractivity contribution in [3.8, 4) is 0 Å². The molecule has 13 aliphatic rings. The Morgan fingerprint density at radius 2 is 0.989 bits per heavy atom. The van der Waals surface area contributed by atoms with Crippen molar-refractivity contribution < 1.29 is 119 Å². The average molecular weight is 1270 g/mol. The lowest BCUT2D eigenvalue weighted by Gasteiger charge is -2.34. The standard InChI is InChI=1S/C21H30O6.C16H22O7.C15H20O7.C13H18O5/c1-4-11(3)18(22)25-16-13-10-12-14(19(23)26-17(12)16)15(13)20(24)27-21(5-2)8-6-7-9-21;1-4-7(2)14(17)22-12-8-5-9-11(16(19)23-13(9)12)10(8)15(18)21-6-20-3;1-5-15(2,3)14(18)22-11-8-6(12(16)19-4)7-9(20-8)10(11)21-13(7)17;1-4-13(2,3)12(15)18-9-7-5-6-8(16-7)10(9)17-11(6)14/h11-17H,4-10H2,1-3H3;7-13H,4-6H2,1-3H3;6-11H,5H2,1-4H3;6-10H,4-5H2,1-3H3. The van der Waals surface area contributed by atoms with Crippen molar-refractivity contribution in [3.05, 3.63) is 0 Å². The molecule has 5 aliphatic carbocycles. The predicted octanol–water partition coefficient (Wildman–Crippen LogP) is 5.41. The zero-order valence-electron chi connectivity index (χ0n) is 53.8. The van der Waals surface area contributed by atoms with Gasteiger partial charge in [0, 0.05) is 30.8 Å². The molecule has 25 heteroatoms. The van der Waals surface area contributed by atoms with Gasteiger partial charge in [-0.15, -0.1) is 0 Å². The van der Waals surface area contributed by atoms with E-state index in [2.05, 4.69) is 6.92 Å². The second-order valence-corrected chi connectivity index (χ2v) is 28.1. The van der Waals surface area contributed by atoms with E-state index in [1.165, 1.54) is 14.2 Å². The van der Waals surface area contributed by atoms with Crippen LogP contribution in [0.2, 0.25) is 0 Å². The van der Waals surface area contributed by atoms with Gasteiger partial charge < -0.3 is 66.3 Å². The van der Waals surface area contributed by atoms with Crippen LogP contribution < -0.4 is 0 Å². The van der Waals surface area contributed by atoms with Gasteiger partial charge in [-0.25, -0.2) is 0 Å². The molecular weight excluding hydrogens is 1180 g/mol. The van der Waals surface area contributed by atoms with E-state index in [1.54, 1.807) is 20.8 Å².